The standard InChI is InChI=1S/C14H23N5O2/c1-11-3-5-16-19(11)6-4-13(20)18-8-7-17(2)9-12(10-18)14(15)21/h3,5,12H,4,6-10H2,1-2H3,(H2,15,21)/t12-/m0/s1. The molecular weight excluding hydrogens is 270 g/mol. The maximum atomic E-state index is 12.3. The van der Waals surface area contributed by atoms with E-state index in [9.17, 15) is 9.59 Å². The number of hydrogen-bond acceptors (Lipinski definition) is 4. The largest absolute Gasteiger partial charge is 0.369 e. The summed E-state index contributed by atoms with van der Waals surface area (Å²) >= 11 is 0. The highest BCUT2D eigenvalue weighted by Crippen LogP contribution is 2.10. The Morgan fingerprint density at radius 2 is 2.14 bits per heavy atom. The van der Waals surface area contributed by atoms with E-state index in [1.807, 2.05) is 29.6 Å². The van der Waals surface area contributed by atoms with Crippen molar-refractivity contribution in [1.82, 2.24) is 19.6 Å². The van der Waals surface area contributed by atoms with Gasteiger partial charge in [0.05, 0.1) is 5.92 Å². The molecule has 1 aromatic rings. The highest BCUT2D eigenvalue weighted by atomic mass is 16.2. The zero-order valence-electron chi connectivity index (χ0n) is 12.7. The Kier molecular flexibility index (Phi) is 4.95. The molecule has 0 aliphatic carbocycles. The van der Waals surface area contributed by atoms with E-state index in [1.165, 1.54) is 0 Å². The summed E-state index contributed by atoms with van der Waals surface area (Å²) in [6, 6.07) is 1.91. The van der Waals surface area contributed by atoms with Crippen LogP contribution >= 0.6 is 0 Å². The lowest BCUT2D eigenvalue weighted by atomic mass is 10.1. The third-order valence-corrected chi connectivity index (χ3v) is 3.95. The molecule has 1 fully saturated rings. The Balaban J connectivity index is 1.94. The molecule has 2 N–H and O–H groups in total. The van der Waals surface area contributed by atoms with E-state index in [0.29, 0.717) is 32.6 Å². The highest BCUT2D eigenvalue weighted by Gasteiger charge is 2.27. The van der Waals surface area contributed by atoms with Gasteiger partial charge in [0.15, 0.2) is 0 Å². The van der Waals surface area contributed by atoms with E-state index in [1.54, 1.807) is 11.1 Å². The van der Waals surface area contributed by atoms with Crippen molar-refractivity contribution in [2.75, 3.05) is 33.2 Å². The summed E-state index contributed by atoms with van der Waals surface area (Å²) < 4.78 is 1.81. The van der Waals surface area contributed by atoms with Gasteiger partial charge in [-0.1, -0.05) is 0 Å². The second-order valence-electron chi connectivity index (χ2n) is 5.65. The molecule has 0 spiro atoms. The van der Waals surface area contributed by atoms with Crippen molar-refractivity contribution < 1.29 is 9.59 Å². The van der Waals surface area contributed by atoms with Gasteiger partial charge >= 0.3 is 0 Å². The number of amides is 2. The highest BCUT2D eigenvalue weighted by molar-refractivity contribution is 5.80. The maximum Gasteiger partial charge on any atom is 0.224 e. The smallest absolute Gasteiger partial charge is 0.224 e. The van der Waals surface area contributed by atoms with E-state index < -0.39 is 0 Å². The van der Waals surface area contributed by atoms with Gasteiger partial charge in [0.25, 0.3) is 0 Å². The topological polar surface area (TPSA) is 84.5 Å². The maximum absolute atomic E-state index is 12.3. The molecule has 2 rings (SSSR count). The quantitative estimate of drug-likeness (QED) is 0.808. The van der Waals surface area contributed by atoms with Crippen molar-refractivity contribution in [2.45, 2.75) is 19.9 Å². The van der Waals surface area contributed by atoms with Gasteiger partial charge in [-0.25, -0.2) is 0 Å². The van der Waals surface area contributed by atoms with Gasteiger partial charge in [-0.15, -0.1) is 0 Å². The molecule has 21 heavy (non-hydrogen) atoms. The van der Waals surface area contributed by atoms with Gasteiger partial charge in [-0.3, -0.25) is 14.3 Å². The molecule has 0 bridgehead atoms. The number of nitrogens with two attached hydrogens (primary N) is 1. The molecular formula is C14H23N5O2. The Bertz CT molecular complexity index is 513. The Morgan fingerprint density at radius 1 is 1.38 bits per heavy atom. The first-order chi connectivity index (χ1) is 9.97. The minimum atomic E-state index is -0.343. The van der Waals surface area contributed by atoms with Gasteiger partial charge in [-0.2, -0.15) is 5.10 Å². The molecule has 2 amide bonds. The van der Waals surface area contributed by atoms with Gasteiger partial charge in [-0.05, 0) is 20.0 Å². The average Bonchev–Trinajstić information content (AvgIpc) is 2.72. The van der Waals surface area contributed by atoms with Crippen LogP contribution in [0.15, 0.2) is 12.3 Å². The summed E-state index contributed by atoms with van der Waals surface area (Å²) in [5.41, 5.74) is 6.45. The summed E-state index contributed by atoms with van der Waals surface area (Å²) in [5, 5.41) is 4.17. The van der Waals surface area contributed by atoms with E-state index in [0.717, 1.165) is 12.2 Å². The van der Waals surface area contributed by atoms with Gasteiger partial charge in [0.2, 0.25) is 11.8 Å². The molecule has 1 saturated heterocycles. The van der Waals surface area contributed by atoms with E-state index >= 15 is 0 Å². The lowest BCUT2D eigenvalue weighted by Gasteiger charge is -2.22. The van der Waals surface area contributed by atoms with Gasteiger partial charge < -0.3 is 15.5 Å². The Morgan fingerprint density at radius 3 is 2.76 bits per heavy atom. The number of aryl methyl sites for hydroxylation is 2. The zero-order valence-corrected chi connectivity index (χ0v) is 12.7. The number of hydrogen-bond donors (Lipinski definition) is 1. The number of primary amides is 1. The van der Waals surface area contributed by atoms with Crippen LogP contribution in [0, 0.1) is 12.8 Å². The molecule has 1 aliphatic rings. The summed E-state index contributed by atoms with van der Waals surface area (Å²) in [4.78, 5) is 27.6. The van der Waals surface area contributed by atoms with Crippen LogP contribution in [0.5, 0.6) is 0 Å². The van der Waals surface area contributed by atoms with Gasteiger partial charge in [0.1, 0.15) is 0 Å². The molecule has 0 unspecified atom stereocenters. The Hall–Kier alpha value is -1.89. The van der Waals surface area contributed by atoms with Crippen LogP contribution in [-0.2, 0) is 16.1 Å². The fraction of sp³-hybridized carbons (Fsp3) is 0.643. The lowest BCUT2D eigenvalue weighted by Crippen LogP contribution is -2.40. The molecule has 0 radical (unpaired) electrons. The molecule has 7 nitrogen and oxygen atoms in total. The zero-order chi connectivity index (χ0) is 15.4. The fourth-order valence-corrected chi connectivity index (χ4v) is 2.57. The molecule has 116 valence electrons. The first-order valence-electron chi connectivity index (χ1n) is 7.21. The molecule has 1 aromatic heterocycles. The van der Waals surface area contributed by atoms with Crippen LogP contribution in [-0.4, -0.2) is 64.6 Å². The van der Waals surface area contributed by atoms with E-state index in [-0.39, 0.29) is 17.7 Å². The molecule has 7 heteroatoms. The third kappa shape index (κ3) is 4.04. The average molecular weight is 293 g/mol. The van der Waals surface area contributed by atoms with Crippen LogP contribution in [0.25, 0.3) is 0 Å². The molecule has 0 saturated carbocycles. The molecule has 2 heterocycles. The van der Waals surface area contributed by atoms with Crippen molar-refractivity contribution in [1.29, 1.82) is 0 Å². The predicted molar refractivity (Wildman–Crippen MR) is 78.3 cm³/mol. The first-order valence-corrected chi connectivity index (χ1v) is 7.21. The number of likely N-dealkylation sites (N-methyl/N-ethyl adjacent to an activating group) is 1. The second-order valence-corrected chi connectivity index (χ2v) is 5.65. The number of rotatable bonds is 4. The molecule has 1 atom stereocenters. The monoisotopic (exact) mass is 293 g/mol. The minimum Gasteiger partial charge on any atom is -0.369 e. The Labute approximate surface area is 124 Å². The minimum absolute atomic E-state index is 0.0476. The summed E-state index contributed by atoms with van der Waals surface area (Å²) in [6.45, 7) is 4.94. The predicted octanol–water partition coefficient (Wildman–Crippen LogP) is -0.543. The van der Waals surface area contributed by atoms with Crippen molar-refractivity contribution in [3.8, 4) is 0 Å². The van der Waals surface area contributed by atoms with Crippen molar-refractivity contribution in [3.63, 3.8) is 0 Å². The van der Waals surface area contributed by atoms with Crippen molar-refractivity contribution in [2.24, 2.45) is 11.7 Å². The van der Waals surface area contributed by atoms with Crippen LogP contribution in [0.4, 0.5) is 0 Å². The summed E-state index contributed by atoms with van der Waals surface area (Å²) in [5.74, 6) is -0.594. The second kappa shape index (κ2) is 6.71. The van der Waals surface area contributed by atoms with Gasteiger partial charge in [0, 0.05) is 51.0 Å². The fourth-order valence-electron chi connectivity index (χ4n) is 2.57. The summed E-state index contributed by atoms with van der Waals surface area (Å²) in [6.07, 6.45) is 2.11. The van der Waals surface area contributed by atoms with E-state index in [4.69, 9.17) is 5.73 Å². The third-order valence-electron chi connectivity index (χ3n) is 3.95. The number of aromatic nitrogens is 2. The van der Waals surface area contributed by atoms with E-state index in [2.05, 4.69) is 5.10 Å². The van der Waals surface area contributed by atoms with Crippen LogP contribution in [0.2, 0.25) is 0 Å². The van der Waals surface area contributed by atoms with Crippen molar-refractivity contribution >= 4 is 11.8 Å². The number of carbonyl (C=O) groups is 2. The van der Waals surface area contributed by atoms with Crippen molar-refractivity contribution in [3.05, 3.63) is 18.0 Å². The summed E-state index contributed by atoms with van der Waals surface area (Å²) in [7, 11) is 1.94. The van der Waals surface area contributed by atoms with Crippen LogP contribution in [0.1, 0.15) is 12.1 Å². The normalized spacial score (nSPS) is 20.3. The number of carbonyl (C=O) groups excluding carboxylic acids is 2. The van der Waals surface area contributed by atoms with Crippen LogP contribution in [0.3, 0.4) is 0 Å². The SMILES string of the molecule is Cc1ccnn1CCC(=O)N1CCN(C)C[C@H](C(N)=O)C1. The molecule has 1 aliphatic heterocycles. The van der Waals surface area contributed by atoms with Crippen LogP contribution < -0.4 is 5.73 Å². The number of nitrogens with zero attached hydrogens (tertiary/aromatic N) is 4. The molecule has 0 aromatic carbocycles. The first kappa shape index (κ1) is 15.5. The lowest BCUT2D eigenvalue weighted by molar-refractivity contribution is -0.132.